The average molecular weight is 384 g/mol. The third-order valence-corrected chi connectivity index (χ3v) is 4.87. The normalized spacial score (nSPS) is 21.4. The van der Waals surface area contributed by atoms with E-state index in [1.165, 1.54) is 0 Å². The monoisotopic (exact) mass is 384 g/mol. The minimum Gasteiger partial charge on any atom is -0.453 e. The van der Waals surface area contributed by atoms with E-state index in [0.717, 1.165) is 11.1 Å². The van der Waals surface area contributed by atoms with Gasteiger partial charge in [-0.1, -0.05) is 78.9 Å². The minimum absolute atomic E-state index is 0.395. The quantitative estimate of drug-likeness (QED) is 0.614. The molecule has 0 N–H and O–H groups in total. The molecule has 3 aromatic carbocycles. The highest BCUT2D eigenvalue weighted by molar-refractivity contribution is 5.89. The Morgan fingerprint density at radius 2 is 1.52 bits per heavy atom. The Labute approximate surface area is 169 Å². The molecule has 5 heteroatoms. The van der Waals surface area contributed by atoms with E-state index in [4.69, 9.17) is 9.57 Å². The van der Waals surface area contributed by atoms with Gasteiger partial charge in [0, 0.05) is 0 Å². The lowest BCUT2D eigenvalue weighted by atomic mass is 9.98. The highest BCUT2D eigenvalue weighted by Crippen LogP contribution is 2.38. The van der Waals surface area contributed by atoms with Crippen LogP contribution in [0.15, 0.2) is 91.0 Å². The van der Waals surface area contributed by atoms with Gasteiger partial charge < -0.3 is 4.74 Å². The number of benzene rings is 3. The van der Waals surface area contributed by atoms with Crippen molar-refractivity contribution in [2.24, 2.45) is 0 Å². The summed E-state index contributed by atoms with van der Waals surface area (Å²) in [7, 11) is 0. The van der Waals surface area contributed by atoms with Crippen molar-refractivity contribution in [3.63, 3.8) is 0 Å². The molecular formula is C24H20N2O3. The van der Waals surface area contributed by atoms with Crippen LogP contribution in [0.25, 0.3) is 0 Å². The number of esters is 1. The average Bonchev–Trinajstić information content (AvgIpc) is 3.12. The second kappa shape index (κ2) is 8.70. The number of nitrogens with zero attached hydrogens (tertiary/aromatic N) is 2. The van der Waals surface area contributed by atoms with Gasteiger partial charge in [-0.2, -0.15) is 10.3 Å². The number of hydrogen-bond acceptors (Lipinski definition) is 5. The number of carbonyl (C=O) groups is 1. The molecule has 29 heavy (non-hydrogen) atoms. The molecule has 3 atom stereocenters. The summed E-state index contributed by atoms with van der Waals surface area (Å²) in [6, 6.07) is 30.1. The maximum Gasteiger partial charge on any atom is 0.338 e. The molecule has 0 bridgehead atoms. The molecule has 1 heterocycles. The van der Waals surface area contributed by atoms with Gasteiger partial charge in [-0.3, -0.25) is 4.84 Å². The molecule has 0 aromatic heterocycles. The summed E-state index contributed by atoms with van der Waals surface area (Å²) in [6.07, 6.45) is -1.64. The SMILES string of the molecule is N#C[C@H]1ON(Cc2ccccc2)[C@@H](c2ccccc2)[C@@H]1OC(=O)c1ccccc1. The number of rotatable bonds is 5. The molecule has 0 aliphatic carbocycles. The van der Waals surface area contributed by atoms with E-state index in [-0.39, 0.29) is 0 Å². The number of carbonyl (C=O) groups excluding carboxylic acids is 1. The van der Waals surface area contributed by atoms with Crippen molar-refractivity contribution in [1.29, 1.82) is 5.26 Å². The van der Waals surface area contributed by atoms with Gasteiger partial charge in [0.15, 0.2) is 6.10 Å². The van der Waals surface area contributed by atoms with Crippen LogP contribution < -0.4 is 0 Å². The summed E-state index contributed by atoms with van der Waals surface area (Å²) in [5, 5.41) is 11.4. The lowest BCUT2D eigenvalue weighted by Gasteiger charge is -2.25. The minimum atomic E-state index is -0.892. The van der Waals surface area contributed by atoms with Crippen LogP contribution in [0.5, 0.6) is 0 Å². The van der Waals surface area contributed by atoms with Crippen molar-refractivity contribution >= 4 is 5.97 Å². The van der Waals surface area contributed by atoms with Crippen LogP contribution in [0.1, 0.15) is 27.5 Å². The van der Waals surface area contributed by atoms with E-state index in [0.29, 0.717) is 12.1 Å². The maximum atomic E-state index is 12.7. The Morgan fingerprint density at radius 3 is 2.14 bits per heavy atom. The van der Waals surface area contributed by atoms with E-state index in [2.05, 4.69) is 6.07 Å². The van der Waals surface area contributed by atoms with Crippen LogP contribution >= 0.6 is 0 Å². The summed E-state index contributed by atoms with van der Waals surface area (Å²) in [5.41, 5.74) is 2.41. The molecule has 5 nitrogen and oxygen atoms in total. The number of ether oxygens (including phenoxy) is 1. The molecule has 0 saturated carbocycles. The summed E-state index contributed by atoms with van der Waals surface area (Å²) in [6.45, 7) is 0.470. The highest BCUT2D eigenvalue weighted by Gasteiger charge is 2.47. The predicted molar refractivity (Wildman–Crippen MR) is 107 cm³/mol. The fourth-order valence-electron chi connectivity index (χ4n) is 3.50. The van der Waals surface area contributed by atoms with Gasteiger partial charge in [0.1, 0.15) is 12.1 Å². The lowest BCUT2D eigenvalue weighted by Crippen LogP contribution is -2.32. The molecule has 4 rings (SSSR count). The highest BCUT2D eigenvalue weighted by atomic mass is 16.7. The maximum absolute atomic E-state index is 12.7. The number of hydroxylamine groups is 2. The molecule has 1 saturated heterocycles. The standard InChI is InChI=1S/C24H20N2O3/c25-16-21-23(28-24(27)20-14-8-3-9-15-20)22(19-12-6-2-7-13-19)26(29-21)17-18-10-4-1-5-11-18/h1-15,21-23H,17H2/t21-,22+,23-/m1/s1. The van der Waals surface area contributed by atoms with E-state index >= 15 is 0 Å². The van der Waals surface area contributed by atoms with Crippen LogP contribution in [-0.2, 0) is 16.1 Å². The third-order valence-electron chi connectivity index (χ3n) is 4.87. The number of nitriles is 1. The van der Waals surface area contributed by atoms with Gasteiger partial charge in [-0.25, -0.2) is 4.79 Å². The Hall–Kier alpha value is -3.46. The first kappa shape index (κ1) is 18.9. The molecule has 1 fully saturated rings. The Balaban J connectivity index is 1.65. The summed E-state index contributed by atoms with van der Waals surface area (Å²) in [5.74, 6) is -0.470. The zero-order valence-electron chi connectivity index (χ0n) is 15.7. The second-order valence-corrected chi connectivity index (χ2v) is 6.81. The van der Waals surface area contributed by atoms with E-state index in [1.54, 1.807) is 29.3 Å². The van der Waals surface area contributed by atoms with Crippen LogP contribution in [0.4, 0.5) is 0 Å². The van der Waals surface area contributed by atoms with Crippen molar-refractivity contribution in [2.75, 3.05) is 0 Å². The zero-order valence-corrected chi connectivity index (χ0v) is 15.7. The molecule has 0 spiro atoms. The van der Waals surface area contributed by atoms with Crippen molar-refractivity contribution in [2.45, 2.75) is 24.8 Å². The number of hydrogen-bond donors (Lipinski definition) is 0. The molecule has 0 unspecified atom stereocenters. The lowest BCUT2D eigenvalue weighted by molar-refractivity contribution is -0.158. The van der Waals surface area contributed by atoms with Gasteiger partial charge >= 0.3 is 5.97 Å². The molecule has 1 aliphatic heterocycles. The van der Waals surface area contributed by atoms with Crippen LogP contribution in [0.2, 0.25) is 0 Å². The van der Waals surface area contributed by atoms with Crippen molar-refractivity contribution in [3.05, 3.63) is 108 Å². The van der Waals surface area contributed by atoms with Gasteiger partial charge in [0.25, 0.3) is 0 Å². The molecule has 144 valence electrons. The topological polar surface area (TPSA) is 62.6 Å². The molecule has 3 aromatic rings. The molecule has 1 aliphatic rings. The Morgan fingerprint density at radius 1 is 0.931 bits per heavy atom. The van der Waals surface area contributed by atoms with E-state index < -0.39 is 24.2 Å². The van der Waals surface area contributed by atoms with Crippen molar-refractivity contribution in [3.8, 4) is 6.07 Å². The van der Waals surface area contributed by atoms with Crippen LogP contribution in [-0.4, -0.2) is 23.2 Å². The summed E-state index contributed by atoms with van der Waals surface area (Å²) < 4.78 is 5.81. The predicted octanol–water partition coefficient (Wildman–Crippen LogP) is 4.29. The molecule has 0 radical (unpaired) electrons. The first-order valence-electron chi connectivity index (χ1n) is 9.44. The first-order chi connectivity index (χ1) is 14.3. The summed E-state index contributed by atoms with van der Waals surface area (Å²) in [4.78, 5) is 18.6. The van der Waals surface area contributed by atoms with Crippen molar-refractivity contribution in [1.82, 2.24) is 5.06 Å². The second-order valence-electron chi connectivity index (χ2n) is 6.81. The summed E-state index contributed by atoms with van der Waals surface area (Å²) >= 11 is 0. The van der Waals surface area contributed by atoms with Crippen LogP contribution in [0.3, 0.4) is 0 Å². The molecule has 0 amide bonds. The Bertz CT molecular complexity index is 987. The third kappa shape index (κ3) is 4.19. The molecular weight excluding hydrogens is 364 g/mol. The van der Waals surface area contributed by atoms with Crippen LogP contribution in [0, 0.1) is 11.3 Å². The first-order valence-corrected chi connectivity index (χ1v) is 9.44. The van der Waals surface area contributed by atoms with E-state index in [9.17, 15) is 10.1 Å². The van der Waals surface area contributed by atoms with E-state index in [1.807, 2.05) is 66.7 Å². The fourth-order valence-corrected chi connectivity index (χ4v) is 3.50. The largest absolute Gasteiger partial charge is 0.453 e. The fraction of sp³-hybridized carbons (Fsp3) is 0.167. The van der Waals surface area contributed by atoms with Gasteiger partial charge in [0.05, 0.1) is 12.1 Å². The smallest absolute Gasteiger partial charge is 0.338 e. The Kier molecular flexibility index (Phi) is 5.66. The zero-order chi connectivity index (χ0) is 20.1. The van der Waals surface area contributed by atoms with Crippen molar-refractivity contribution < 1.29 is 14.4 Å². The van der Waals surface area contributed by atoms with Gasteiger partial charge in [0.2, 0.25) is 6.10 Å². The van der Waals surface area contributed by atoms with Gasteiger partial charge in [-0.15, -0.1) is 0 Å². The van der Waals surface area contributed by atoms with Gasteiger partial charge in [-0.05, 0) is 23.3 Å².